The minimum Gasteiger partial charge on any atom is -0.390 e. The third-order valence-electron chi connectivity index (χ3n) is 5.63. The second-order valence-electron chi connectivity index (χ2n) is 8.72. The summed E-state index contributed by atoms with van der Waals surface area (Å²) in [7, 11) is 0. The first kappa shape index (κ1) is 23.7. The monoisotopic (exact) mass is 451 g/mol. The molecule has 1 saturated carbocycles. The van der Waals surface area contributed by atoms with Crippen LogP contribution in [0.1, 0.15) is 59.4 Å². The van der Waals surface area contributed by atoms with E-state index in [0.29, 0.717) is 28.1 Å². The van der Waals surface area contributed by atoms with Gasteiger partial charge in [-0.05, 0) is 38.5 Å². The number of carbonyl (C=O) groups is 1. The van der Waals surface area contributed by atoms with E-state index in [1.165, 1.54) is 16.4 Å². The first-order valence-electron chi connectivity index (χ1n) is 10.9. The molecule has 2 heterocycles. The van der Waals surface area contributed by atoms with Crippen molar-refractivity contribution in [1.29, 1.82) is 0 Å². The molecule has 1 unspecified atom stereocenters. The van der Waals surface area contributed by atoms with Crippen molar-refractivity contribution in [2.45, 2.75) is 82.8 Å². The van der Waals surface area contributed by atoms with E-state index < -0.39 is 30.1 Å². The van der Waals surface area contributed by atoms with E-state index in [4.69, 9.17) is 5.73 Å². The fourth-order valence-corrected chi connectivity index (χ4v) is 4.51. The van der Waals surface area contributed by atoms with Crippen LogP contribution in [0.2, 0.25) is 0 Å². The van der Waals surface area contributed by atoms with Gasteiger partial charge >= 0.3 is 0 Å². The van der Waals surface area contributed by atoms with E-state index in [1.807, 2.05) is 0 Å². The lowest BCUT2D eigenvalue weighted by molar-refractivity contribution is -0.125. The Bertz CT molecular complexity index is 906. The fourth-order valence-electron chi connectivity index (χ4n) is 3.81. The Morgan fingerprint density at radius 3 is 2.61 bits per heavy atom. The molecule has 2 aromatic rings. The average molecular weight is 452 g/mol. The van der Waals surface area contributed by atoms with Crippen molar-refractivity contribution < 1.29 is 15.0 Å². The Morgan fingerprint density at radius 2 is 2.00 bits per heavy atom. The molecule has 0 bridgehead atoms. The number of aliphatic hydroxyl groups is 2. The molecule has 0 aliphatic heterocycles. The van der Waals surface area contributed by atoms with Crippen LogP contribution in [0, 0.1) is 11.8 Å². The van der Waals surface area contributed by atoms with Crippen molar-refractivity contribution in [2.75, 3.05) is 11.1 Å². The Hall–Kier alpha value is -1.98. The summed E-state index contributed by atoms with van der Waals surface area (Å²) in [5.74, 6) is 0.590. The highest BCUT2D eigenvalue weighted by Gasteiger charge is 2.46. The minimum absolute atomic E-state index is 0.172. The summed E-state index contributed by atoms with van der Waals surface area (Å²) >= 11 is 1.54. The molecule has 31 heavy (non-hydrogen) atoms. The Kier molecular flexibility index (Phi) is 7.71. The van der Waals surface area contributed by atoms with Gasteiger partial charge in [0.2, 0.25) is 5.91 Å². The van der Waals surface area contributed by atoms with Crippen LogP contribution in [-0.4, -0.2) is 65.1 Å². The van der Waals surface area contributed by atoms with Crippen LogP contribution in [-0.2, 0) is 4.79 Å². The van der Waals surface area contributed by atoms with Crippen LogP contribution < -0.4 is 11.1 Å². The van der Waals surface area contributed by atoms with Crippen molar-refractivity contribution in [3.63, 3.8) is 0 Å². The van der Waals surface area contributed by atoms with Crippen molar-refractivity contribution in [1.82, 2.24) is 25.0 Å². The number of thioether (sulfide) groups is 1. The summed E-state index contributed by atoms with van der Waals surface area (Å²) < 4.78 is 1.49. The van der Waals surface area contributed by atoms with E-state index in [1.54, 1.807) is 0 Å². The molecule has 0 saturated heterocycles. The van der Waals surface area contributed by atoms with Gasteiger partial charge in [0.05, 0.1) is 18.1 Å². The maximum Gasteiger partial charge on any atom is 0.223 e. The van der Waals surface area contributed by atoms with Gasteiger partial charge < -0.3 is 21.3 Å². The van der Waals surface area contributed by atoms with Crippen molar-refractivity contribution in [3.8, 4) is 0 Å². The average Bonchev–Trinajstić information content (AvgIpc) is 3.26. The lowest BCUT2D eigenvalue weighted by atomic mass is 10.0. The zero-order chi connectivity index (χ0) is 22.7. The van der Waals surface area contributed by atoms with Crippen LogP contribution >= 0.6 is 11.8 Å². The maximum atomic E-state index is 11.7. The number of nitrogens with two attached hydrogens (primary N) is 1. The van der Waals surface area contributed by atoms with Crippen molar-refractivity contribution >= 4 is 34.7 Å². The highest BCUT2D eigenvalue weighted by atomic mass is 32.2. The topological polar surface area (TPSA) is 152 Å². The number of nitrogens with zero attached hydrogens (tertiary/aromatic N) is 5. The molecular formula is C20H33N7O3S. The number of carbonyl (C=O) groups excluding carboxylic acids is 1. The maximum absolute atomic E-state index is 11.7. The highest BCUT2D eigenvalue weighted by Crippen LogP contribution is 2.37. The predicted octanol–water partition coefficient (Wildman–Crippen LogP) is 1.73. The Morgan fingerprint density at radius 1 is 1.26 bits per heavy atom. The molecule has 1 amide bonds. The van der Waals surface area contributed by atoms with E-state index in [2.05, 4.69) is 53.3 Å². The number of primary amides is 1. The van der Waals surface area contributed by atoms with Crippen molar-refractivity contribution in [3.05, 3.63) is 0 Å². The van der Waals surface area contributed by atoms with E-state index in [0.717, 1.165) is 25.0 Å². The fraction of sp³-hybridized carbons (Fsp3) is 0.750. The van der Waals surface area contributed by atoms with Gasteiger partial charge in [0.15, 0.2) is 22.1 Å². The van der Waals surface area contributed by atoms with Crippen LogP contribution in [0.3, 0.4) is 0 Å². The predicted molar refractivity (Wildman–Crippen MR) is 120 cm³/mol. The molecule has 172 valence electrons. The highest BCUT2D eigenvalue weighted by molar-refractivity contribution is 7.99. The number of rotatable bonds is 10. The van der Waals surface area contributed by atoms with Gasteiger partial charge in [0.1, 0.15) is 6.10 Å². The number of anilines is 1. The number of aliphatic hydroxyl groups excluding tert-OH is 2. The van der Waals surface area contributed by atoms with E-state index >= 15 is 0 Å². The van der Waals surface area contributed by atoms with E-state index in [-0.39, 0.29) is 12.5 Å². The lowest BCUT2D eigenvalue weighted by Gasteiger charge is -2.18. The molecule has 0 spiro atoms. The molecule has 1 fully saturated rings. The van der Waals surface area contributed by atoms with Gasteiger partial charge in [-0.3, -0.25) is 4.79 Å². The summed E-state index contributed by atoms with van der Waals surface area (Å²) in [5.41, 5.74) is 6.36. The summed E-state index contributed by atoms with van der Waals surface area (Å²) in [6, 6.07) is -0.463. The number of fused-ring (bicyclic) bond motifs is 1. The van der Waals surface area contributed by atoms with Crippen molar-refractivity contribution in [2.24, 2.45) is 17.6 Å². The first-order chi connectivity index (χ1) is 14.7. The standard InChI is InChI=1S/C20H33N7O3S/c1-5-8-31-20-23-18(22-11(4)7-6-10(2)3)14-19(24-20)27(26-25-14)13-9-12(17(21)30)15(28)16(13)29/h10-13,15-16,28-29H,5-9H2,1-4H3,(H2,21,30)(H,22,23,24)/t11?,12-,13+,15+,16-/m0/s1. The number of amides is 1. The summed E-state index contributed by atoms with van der Waals surface area (Å²) in [6.07, 6.45) is 0.794. The quantitative estimate of drug-likeness (QED) is 0.312. The van der Waals surface area contributed by atoms with E-state index in [9.17, 15) is 15.0 Å². The zero-order valence-corrected chi connectivity index (χ0v) is 19.3. The number of aromatic nitrogens is 5. The number of hydrogen-bond donors (Lipinski definition) is 4. The van der Waals surface area contributed by atoms with Crippen LogP contribution in [0.5, 0.6) is 0 Å². The number of nitrogens with one attached hydrogen (secondary N) is 1. The van der Waals surface area contributed by atoms with Crippen LogP contribution in [0.25, 0.3) is 11.2 Å². The Labute approximate surface area is 186 Å². The molecule has 2 aromatic heterocycles. The van der Waals surface area contributed by atoms with Gasteiger partial charge in [-0.2, -0.15) is 0 Å². The molecule has 5 N–H and O–H groups in total. The molecule has 0 aromatic carbocycles. The SMILES string of the molecule is CCCSc1nc(NC(C)CCC(C)C)c2nnn([C@@H]3C[C@H](C(N)=O)[C@@H](O)[C@H]3O)c2n1. The second-order valence-corrected chi connectivity index (χ2v) is 9.78. The summed E-state index contributed by atoms with van der Waals surface area (Å²) in [4.78, 5) is 21.0. The third kappa shape index (κ3) is 5.27. The van der Waals surface area contributed by atoms with Crippen LogP contribution in [0.15, 0.2) is 5.16 Å². The summed E-state index contributed by atoms with van der Waals surface area (Å²) in [6.45, 7) is 8.58. The van der Waals surface area contributed by atoms with Gasteiger partial charge in [0, 0.05) is 11.8 Å². The third-order valence-corrected chi connectivity index (χ3v) is 6.68. The molecule has 10 nitrogen and oxygen atoms in total. The normalized spacial score (nSPS) is 24.7. The molecule has 5 atom stereocenters. The van der Waals surface area contributed by atoms with Gasteiger partial charge in [-0.15, -0.1) is 5.10 Å². The van der Waals surface area contributed by atoms with Gasteiger partial charge in [-0.1, -0.05) is 37.7 Å². The zero-order valence-electron chi connectivity index (χ0n) is 18.5. The largest absolute Gasteiger partial charge is 0.390 e. The van der Waals surface area contributed by atoms with Crippen LogP contribution in [0.4, 0.5) is 5.82 Å². The molecule has 1 aliphatic rings. The summed E-state index contributed by atoms with van der Waals surface area (Å²) in [5, 5.41) is 33.3. The Balaban J connectivity index is 1.96. The molecule has 1 aliphatic carbocycles. The molecule has 3 rings (SSSR count). The molecule has 0 radical (unpaired) electrons. The van der Waals surface area contributed by atoms with Gasteiger partial charge in [-0.25, -0.2) is 14.6 Å². The lowest BCUT2D eigenvalue weighted by Crippen LogP contribution is -2.35. The minimum atomic E-state index is -1.24. The molecule has 11 heteroatoms. The molecular weight excluding hydrogens is 418 g/mol. The second kappa shape index (κ2) is 10.1. The van der Waals surface area contributed by atoms with Gasteiger partial charge in [0.25, 0.3) is 0 Å². The first-order valence-corrected chi connectivity index (χ1v) is 11.9. The smallest absolute Gasteiger partial charge is 0.223 e. The number of hydrogen-bond acceptors (Lipinski definition) is 9.